The molecule has 1 aromatic carbocycles. The number of carbonyl (C=O) groups is 1. The van der Waals surface area contributed by atoms with Gasteiger partial charge in [0.15, 0.2) is 10.4 Å². The van der Waals surface area contributed by atoms with Crippen molar-refractivity contribution in [1.29, 1.82) is 0 Å². The molecule has 0 saturated carbocycles. The SMILES string of the molecule is O=C(N[C@H]1CCCc2c1cnn2Cc1ccccc1)c1ccc(Br)o1. The third-order valence-electron chi connectivity index (χ3n) is 4.54. The smallest absolute Gasteiger partial charge is 0.287 e. The van der Waals surface area contributed by atoms with Crippen LogP contribution >= 0.6 is 15.9 Å². The molecule has 128 valence electrons. The van der Waals surface area contributed by atoms with Crippen molar-refractivity contribution in [2.24, 2.45) is 0 Å². The zero-order valence-electron chi connectivity index (χ0n) is 13.6. The Morgan fingerprint density at radius 2 is 2.12 bits per heavy atom. The maximum Gasteiger partial charge on any atom is 0.287 e. The van der Waals surface area contributed by atoms with Gasteiger partial charge in [0.2, 0.25) is 0 Å². The number of hydrogen-bond acceptors (Lipinski definition) is 3. The minimum atomic E-state index is -0.195. The van der Waals surface area contributed by atoms with Gasteiger partial charge in [0.05, 0.1) is 18.8 Å². The van der Waals surface area contributed by atoms with Crippen LogP contribution in [0, 0.1) is 0 Å². The number of hydrogen-bond donors (Lipinski definition) is 1. The summed E-state index contributed by atoms with van der Waals surface area (Å²) in [6.07, 6.45) is 4.82. The highest BCUT2D eigenvalue weighted by Gasteiger charge is 2.26. The first-order valence-electron chi connectivity index (χ1n) is 8.35. The molecule has 0 bridgehead atoms. The molecule has 1 N–H and O–H groups in total. The molecule has 4 rings (SSSR count). The van der Waals surface area contributed by atoms with Gasteiger partial charge in [-0.1, -0.05) is 30.3 Å². The number of furan rings is 1. The minimum Gasteiger partial charge on any atom is -0.444 e. The molecule has 5 nitrogen and oxygen atoms in total. The van der Waals surface area contributed by atoms with Gasteiger partial charge in [-0.15, -0.1) is 0 Å². The Bertz CT molecular complexity index is 885. The van der Waals surface area contributed by atoms with Crippen molar-refractivity contribution in [3.63, 3.8) is 0 Å². The number of nitrogens with zero attached hydrogens (tertiary/aromatic N) is 2. The second-order valence-electron chi connectivity index (χ2n) is 6.21. The highest BCUT2D eigenvalue weighted by molar-refractivity contribution is 9.10. The molecule has 0 saturated heterocycles. The van der Waals surface area contributed by atoms with Crippen molar-refractivity contribution in [3.8, 4) is 0 Å². The molecule has 1 atom stereocenters. The lowest BCUT2D eigenvalue weighted by atomic mass is 9.93. The lowest BCUT2D eigenvalue weighted by Gasteiger charge is -2.24. The van der Waals surface area contributed by atoms with Gasteiger partial charge in [-0.2, -0.15) is 5.10 Å². The fourth-order valence-electron chi connectivity index (χ4n) is 3.33. The lowest BCUT2D eigenvalue weighted by Crippen LogP contribution is -2.30. The van der Waals surface area contributed by atoms with E-state index in [1.54, 1.807) is 12.1 Å². The molecule has 0 fully saturated rings. The number of carbonyl (C=O) groups excluding carboxylic acids is 1. The quantitative estimate of drug-likeness (QED) is 0.718. The summed E-state index contributed by atoms with van der Waals surface area (Å²) in [6, 6.07) is 13.7. The first kappa shape index (κ1) is 16.1. The summed E-state index contributed by atoms with van der Waals surface area (Å²) in [6.45, 7) is 0.752. The largest absolute Gasteiger partial charge is 0.444 e. The average Bonchev–Trinajstić information content (AvgIpc) is 3.23. The van der Waals surface area contributed by atoms with Gasteiger partial charge in [-0.3, -0.25) is 9.48 Å². The van der Waals surface area contributed by atoms with Crippen LogP contribution in [0.4, 0.5) is 0 Å². The number of aromatic nitrogens is 2. The zero-order valence-corrected chi connectivity index (χ0v) is 15.2. The van der Waals surface area contributed by atoms with E-state index in [0.717, 1.165) is 31.4 Å². The monoisotopic (exact) mass is 399 g/mol. The molecule has 1 amide bonds. The van der Waals surface area contributed by atoms with Gasteiger partial charge in [-0.05, 0) is 52.9 Å². The van der Waals surface area contributed by atoms with Gasteiger partial charge >= 0.3 is 0 Å². The molecule has 0 aliphatic heterocycles. The number of nitrogens with one attached hydrogen (secondary N) is 1. The third-order valence-corrected chi connectivity index (χ3v) is 4.97. The van der Waals surface area contributed by atoms with Crippen LogP contribution in [-0.2, 0) is 13.0 Å². The van der Waals surface area contributed by atoms with Crippen LogP contribution in [-0.4, -0.2) is 15.7 Å². The Hall–Kier alpha value is -2.34. The molecule has 2 aromatic heterocycles. The van der Waals surface area contributed by atoms with Crippen LogP contribution in [0.2, 0.25) is 0 Å². The van der Waals surface area contributed by atoms with Gasteiger partial charge in [0.1, 0.15) is 0 Å². The van der Waals surface area contributed by atoms with E-state index in [-0.39, 0.29) is 11.9 Å². The molecule has 25 heavy (non-hydrogen) atoms. The second-order valence-corrected chi connectivity index (χ2v) is 6.99. The van der Waals surface area contributed by atoms with Crippen LogP contribution in [0.3, 0.4) is 0 Å². The van der Waals surface area contributed by atoms with Gasteiger partial charge < -0.3 is 9.73 Å². The first-order chi connectivity index (χ1) is 12.2. The Morgan fingerprint density at radius 3 is 2.88 bits per heavy atom. The molecular formula is C19H18BrN3O2. The molecule has 0 unspecified atom stereocenters. The average molecular weight is 400 g/mol. The van der Waals surface area contributed by atoms with Crippen LogP contribution < -0.4 is 5.32 Å². The summed E-state index contributed by atoms with van der Waals surface area (Å²) in [5.74, 6) is 0.120. The van der Waals surface area contributed by atoms with Gasteiger partial charge in [0, 0.05) is 11.3 Å². The maximum absolute atomic E-state index is 12.4. The van der Waals surface area contributed by atoms with E-state index in [2.05, 4.69) is 38.5 Å². The van der Waals surface area contributed by atoms with Crippen LogP contribution in [0.15, 0.2) is 57.7 Å². The Kier molecular flexibility index (Phi) is 4.44. The van der Waals surface area contributed by atoms with Crippen molar-refractivity contribution in [3.05, 3.63) is 75.9 Å². The maximum atomic E-state index is 12.4. The second kappa shape index (κ2) is 6.88. The summed E-state index contributed by atoms with van der Waals surface area (Å²) in [4.78, 5) is 12.4. The lowest BCUT2D eigenvalue weighted by molar-refractivity contribution is 0.0903. The Labute approximate surface area is 154 Å². The minimum absolute atomic E-state index is 0.0235. The van der Waals surface area contributed by atoms with Gasteiger partial charge in [-0.25, -0.2) is 0 Å². The highest BCUT2D eigenvalue weighted by Crippen LogP contribution is 2.30. The van der Waals surface area contributed by atoms with Crippen LogP contribution in [0.1, 0.15) is 46.3 Å². The highest BCUT2D eigenvalue weighted by atomic mass is 79.9. The molecule has 6 heteroatoms. The van der Waals surface area contributed by atoms with E-state index in [1.807, 2.05) is 29.1 Å². The molecular weight excluding hydrogens is 382 g/mol. The van der Waals surface area contributed by atoms with E-state index in [0.29, 0.717) is 10.4 Å². The van der Waals surface area contributed by atoms with E-state index in [4.69, 9.17) is 4.42 Å². The predicted molar refractivity (Wildman–Crippen MR) is 97.3 cm³/mol. The molecule has 1 aliphatic rings. The number of benzene rings is 1. The van der Waals surface area contributed by atoms with Crippen molar-refractivity contribution in [2.75, 3.05) is 0 Å². The van der Waals surface area contributed by atoms with E-state index < -0.39 is 0 Å². The number of amides is 1. The van der Waals surface area contributed by atoms with Crippen LogP contribution in [0.25, 0.3) is 0 Å². The first-order valence-corrected chi connectivity index (χ1v) is 9.15. The summed E-state index contributed by atoms with van der Waals surface area (Å²) in [5.41, 5.74) is 3.54. The summed E-state index contributed by atoms with van der Waals surface area (Å²) in [7, 11) is 0. The number of rotatable bonds is 4. The number of fused-ring (bicyclic) bond motifs is 1. The van der Waals surface area contributed by atoms with Crippen molar-refractivity contribution >= 4 is 21.8 Å². The van der Waals surface area contributed by atoms with Crippen molar-refractivity contribution in [1.82, 2.24) is 15.1 Å². The predicted octanol–water partition coefficient (Wildman–Crippen LogP) is 4.09. The van der Waals surface area contributed by atoms with E-state index in [9.17, 15) is 4.79 Å². The number of halogens is 1. The summed E-state index contributed by atoms with van der Waals surface area (Å²) in [5, 5.41) is 7.64. The molecule has 0 radical (unpaired) electrons. The normalized spacial score (nSPS) is 16.4. The Balaban J connectivity index is 1.53. The topological polar surface area (TPSA) is 60.1 Å². The van der Waals surface area contributed by atoms with E-state index >= 15 is 0 Å². The van der Waals surface area contributed by atoms with E-state index in [1.165, 1.54) is 11.3 Å². The standard InChI is InChI=1S/C19H18BrN3O2/c20-18-10-9-17(25-18)19(24)22-15-7-4-8-16-14(15)11-21-23(16)12-13-5-2-1-3-6-13/h1-3,5-6,9-11,15H,4,7-8,12H2,(H,22,24)/t15-/m0/s1. The molecule has 0 spiro atoms. The molecule has 1 aliphatic carbocycles. The third kappa shape index (κ3) is 3.39. The Morgan fingerprint density at radius 1 is 1.28 bits per heavy atom. The fraction of sp³-hybridized carbons (Fsp3) is 0.263. The van der Waals surface area contributed by atoms with Gasteiger partial charge in [0.25, 0.3) is 5.91 Å². The van der Waals surface area contributed by atoms with Crippen molar-refractivity contribution < 1.29 is 9.21 Å². The van der Waals surface area contributed by atoms with Crippen LogP contribution in [0.5, 0.6) is 0 Å². The fourth-order valence-corrected chi connectivity index (χ4v) is 3.63. The molecule has 3 aromatic rings. The van der Waals surface area contributed by atoms with Crippen molar-refractivity contribution in [2.45, 2.75) is 31.8 Å². The summed E-state index contributed by atoms with van der Waals surface area (Å²) >= 11 is 3.23. The summed E-state index contributed by atoms with van der Waals surface area (Å²) < 4.78 is 7.94. The zero-order chi connectivity index (χ0) is 17.2. The molecule has 2 heterocycles.